The summed E-state index contributed by atoms with van der Waals surface area (Å²) in [4.78, 5) is 62.0. The fraction of sp³-hybridized carbons (Fsp3) is 0.143. The number of benzene rings is 3. The molecule has 1 heterocycles. The molecule has 4 rings (SSSR count). The first-order valence-electron chi connectivity index (χ1n) is 12.2. The van der Waals surface area contributed by atoms with Crippen molar-refractivity contribution >= 4 is 69.5 Å². The lowest BCUT2D eigenvalue weighted by atomic mass is 10.1. The summed E-state index contributed by atoms with van der Waals surface area (Å²) in [6.07, 6.45) is 1.27. The summed E-state index contributed by atoms with van der Waals surface area (Å²) in [5.41, 5.74) is 1.28. The minimum absolute atomic E-state index is 0.0719. The highest BCUT2D eigenvalue weighted by Gasteiger charge is 2.37. The van der Waals surface area contributed by atoms with Gasteiger partial charge in [0.1, 0.15) is 5.57 Å². The summed E-state index contributed by atoms with van der Waals surface area (Å²) >= 11 is 1.98. The van der Waals surface area contributed by atoms with Gasteiger partial charge in [-0.15, -0.1) is 0 Å². The zero-order valence-corrected chi connectivity index (χ0v) is 24.0. The highest BCUT2D eigenvalue weighted by Crippen LogP contribution is 2.35. The predicted octanol–water partition coefficient (Wildman–Crippen LogP) is 4.59. The van der Waals surface area contributed by atoms with E-state index in [1.807, 2.05) is 41.6 Å². The Morgan fingerprint density at radius 1 is 1.10 bits per heavy atom. The van der Waals surface area contributed by atoms with E-state index in [1.165, 1.54) is 30.3 Å². The maximum atomic E-state index is 13.2. The molecule has 0 radical (unpaired) electrons. The minimum atomic E-state index is -1.03. The molecule has 0 atom stereocenters. The average molecular weight is 670 g/mol. The zero-order chi connectivity index (χ0) is 29.7. The molecule has 3 aromatic rings. The van der Waals surface area contributed by atoms with Gasteiger partial charge in [0, 0.05) is 17.8 Å². The number of carbonyl (C=O) groups excluding carboxylic acids is 4. The second-order valence-electron chi connectivity index (χ2n) is 8.70. The summed E-state index contributed by atoms with van der Waals surface area (Å²) in [7, 11) is 0. The van der Waals surface area contributed by atoms with E-state index in [9.17, 15) is 29.3 Å². The maximum Gasteiger partial charge on any atom is 0.335 e. The number of anilines is 2. The zero-order valence-electron chi connectivity index (χ0n) is 21.8. The van der Waals surface area contributed by atoms with E-state index in [0.29, 0.717) is 25.5 Å². The van der Waals surface area contributed by atoms with Crippen LogP contribution >= 0.6 is 22.6 Å². The van der Waals surface area contributed by atoms with Crippen LogP contribution in [0.2, 0.25) is 0 Å². The minimum Gasteiger partial charge on any atom is -0.490 e. The number of nitro benzene ring substituents is 1. The Morgan fingerprint density at radius 3 is 2.51 bits per heavy atom. The maximum absolute atomic E-state index is 13.2. The fourth-order valence-corrected chi connectivity index (χ4v) is 4.63. The molecule has 1 saturated heterocycles. The van der Waals surface area contributed by atoms with Crippen LogP contribution < -0.4 is 25.0 Å². The SMILES string of the molecule is CCOc1cc(/C=C2\C(=O)NC(=O)N(c3cccc([N+](=O)[O-])c3)C2=O)cc(I)c1OCC(=O)Nc1ccc(C)cc1. The van der Waals surface area contributed by atoms with Crippen molar-refractivity contribution in [2.24, 2.45) is 0 Å². The molecule has 1 aliphatic rings. The van der Waals surface area contributed by atoms with Crippen LogP contribution in [0.5, 0.6) is 11.5 Å². The first-order chi connectivity index (χ1) is 19.6. The number of nitrogens with zero attached hydrogens (tertiary/aromatic N) is 2. The van der Waals surface area contributed by atoms with Crippen LogP contribution in [0.25, 0.3) is 6.08 Å². The van der Waals surface area contributed by atoms with Gasteiger partial charge in [0.15, 0.2) is 18.1 Å². The van der Waals surface area contributed by atoms with Crippen LogP contribution in [-0.4, -0.2) is 41.9 Å². The molecule has 0 saturated carbocycles. The molecule has 0 spiro atoms. The van der Waals surface area contributed by atoms with E-state index in [1.54, 1.807) is 25.1 Å². The first-order valence-corrected chi connectivity index (χ1v) is 13.3. The Morgan fingerprint density at radius 2 is 1.83 bits per heavy atom. The van der Waals surface area contributed by atoms with Crippen LogP contribution in [-0.2, 0) is 14.4 Å². The molecule has 41 heavy (non-hydrogen) atoms. The van der Waals surface area contributed by atoms with Gasteiger partial charge >= 0.3 is 6.03 Å². The van der Waals surface area contributed by atoms with Crippen molar-refractivity contribution in [3.05, 3.63) is 91.0 Å². The lowest BCUT2D eigenvalue weighted by Gasteiger charge is -2.26. The molecule has 210 valence electrons. The number of imide groups is 2. The van der Waals surface area contributed by atoms with Crippen molar-refractivity contribution in [1.29, 1.82) is 0 Å². The summed E-state index contributed by atoms with van der Waals surface area (Å²) in [6, 6.07) is 14.3. The Kier molecular flexibility index (Phi) is 8.97. The second kappa shape index (κ2) is 12.6. The van der Waals surface area contributed by atoms with Gasteiger partial charge in [-0.1, -0.05) is 23.8 Å². The van der Waals surface area contributed by atoms with Crippen molar-refractivity contribution in [2.45, 2.75) is 13.8 Å². The van der Waals surface area contributed by atoms with E-state index in [4.69, 9.17) is 9.47 Å². The number of halogens is 1. The average Bonchev–Trinajstić information content (AvgIpc) is 2.92. The number of carbonyl (C=O) groups is 4. The molecule has 12 nitrogen and oxygen atoms in total. The van der Waals surface area contributed by atoms with Gasteiger partial charge in [-0.2, -0.15) is 0 Å². The molecule has 0 aliphatic carbocycles. The third kappa shape index (κ3) is 6.87. The number of rotatable bonds is 9. The summed E-state index contributed by atoms with van der Waals surface area (Å²) < 4.78 is 12.0. The second-order valence-corrected chi connectivity index (χ2v) is 9.86. The van der Waals surface area contributed by atoms with E-state index in [2.05, 4.69) is 10.6 Å². The molecule has 5 amide bonds. The lowest BCUT2D eigenvalue weighted by molar-refractivity contribution is -0.384. The molecular formula is C28H23IN4O8. The Bertz CT molecular complexity index is 1590. The normalized spacial score (nSPS) is 14.1. The summed E-state index contributed by atoms with van der Waals surface area (Å²) in [6.45, 7) is 3.66. The van der Waals surface area contributed by atoms with Crippen molar-refractivity contribution in [3.63, 3.8) is 0 Å². The lowest BCUT2D eigenvalue weighted by Crippen LogP contribution is -2.54. The van der Waals surface area contributed by atoms with Crippen molar-refractivity contribution in [1.82, 2.24) is 5.32 Å². The molecule has 1 aliphatic heterocycles. The summed E-state index contributed by atoms with van der Waals surface area (Å²) in [5, 5.41) is 16.0. The highest BCUT2D eigenvalue weighted by atomic mass is 127. The van der Waals surface area contributed by atoms with Crippen LogP contribution in [0.3, 0.4) is 0 Å². The number of hydrogen-bond donors (Lipinski definition) is 2. The van der Waals surface area contributed by atoms with E-state index in [0.717, 1.165) is 11.6 Å². The van der Waals surface area contributed by atoms with Crippen molar-refractivity contribution < 1.29 is 33.6 Å². The number of ether oxygens (including phenoxy) is 2. The number of nitrogens with one attached hydrogen (secondary N) is 2. The molecular weight excluding hydrogens is 647 g/mol. The smallest absolute Gasteiger partial charge is 0.335 e. The van der Waals surface area contributed by atoms with Crippen LogP contribution in [0.15, 0.2) is 66.2 Å². The topological polar surface area (TPSA) is 157 Å². The van der Waals surface area contributed by atoms with Crippen molar-refractivity contribution in [2.75, 3.05) is 23.4 Å². The number of barbiturate groups is 1. The third-order valence-corrected chi connectivity index (χ3v) is 6.53. The summed E-state index contributed by atoms with van der Waals surface area (Å²) in [5.74, 6) is -1.71. The van der Waals surface area contributed by atoms with E-state index in [-0.39, 0.29) is 41.8 Å². The number of amides is 5. The van der Waals surface area contributed by atoms with Gasteiger partial charge in [0.25, 0.3) is 23.4 Å². The monoisotopic (exact) mass is 670 g/mol. The Hall–Kier alpha value is -4.79. The molecule has 3 aromatic carbocycles. The third-order valence-electron chi connectivity index (χ3n) is 5.73. The molecule has 1 fully saturated rings. The number of non-ortho nitro benzene ring substituents is 1. The van der Waals surface area contributed by atoms with Gasteiger partial charge in [0.2, 0.25) is 0 Å². The number of urea groups is 1. The number of nitro groups is 1. The number of hydrogen-bond acceptors (Lipinski definition) is 8. The van der Waals surface area contributed by atoms with E-state index < -0.39 is 22.8 Å². The predicted molar refractivity (Wildman–Crippen MR) is 158 cm³/mol. The molecule has 13 heteroatoms. The van der Waals surface area contributed by atoms with Crippen molar-refractivity contribution in [3.8, 4) is 11.5 Å². The Labute approximate surface area is 247 Å². The molecule has 0 aromatic heterocycles. The fourth-order valence-electron chi connectivity index (χ4n) is 3.85. The van der Waals surface area contributed by atoms with Crippen LogP contribution in [0, 0.1) is 20.6 Å². The number of aryl methyl sites for hydroxylation is 1. The first kappa shape index (κ1) is 29.2. The van der Waals surface area contributed by atoms with Gasteiger partial charge in [-0.25, -0.2) is 9.69 Å². The van der Waals surface area contributed by atoms with Crippen LogP contribution in [0.4, 0.5) is 21.9 Å². The van der Waals surface area contributed by atoms with E-state index >= 15 is 0 Å². The standard InChI is InChI=1S/C28H23IN4O8/c1-3-40-23-13-17(12-22(29)25(23)41-15-24(34)30-18-9-7-16(2)8-10-18)11-21-26(35)31-28(37)32(27(21)36)19-5-4-6-20(14-19)33(38)39/h4-14H,3,15H2,1-2H3,(H,30,34)(H,31,35,37)/b21-11+. The van der Waals surface area contributed by atoms with Gasteiger partial charge in [-0.05, 0) is 78.4 Å². The van der Waals surface area contributed by atoms with Gasteiger partial charge in [0.05, 0.1) is 20.8 Å². The highest BCUT2D eigenvalue weighted by molar-refractivity contribution is 14.1. The Balaban J connectivity index is 1.59. The molecule has 2 N–H and O–H groups in total. The van der Waals surface area contributed by atoms with Crippen LogP contribution in [0.1, 0.15) is 18.1 Å². The molecule has 0 bridgehead atoms. The quantitative estimate of drug-likeness (QED) is 0.110. The van der Waals surface area contributed by atoms with Gasteiger partial charge in [-0.3, -0.25) is 29.8 Å². The van der Waals surface area contributed by atoms with Gasteiger partial charge < -0.3 is 14.8 Å². The largest absolute Gasteiger partial charge is 0.490 e. The molecule has 0 unspecified atom stereocenters.